The summed E-state index contributed by atoms with van der Waals surface area (Å²) in [6.45, 7) is 8.00. The fourth-order valence-electron chi connectivity index (χ4n) is 2.08. The molecule has 1 atom stereocenters. The molecule has 1 unspecified atom stereocenters. The molecule has 0 saturated carbocycles. The van der Waals surface area contributed by atoms with Gasteiger partial charge in [0.2, 0.25) is 0 Å². The molecule has 5 heteroatoms. The first-order valence-corrected chi connectivity index (χ1v) is 7.70. The highest BCUT2D eigenvalue weighted by atomic mass is 32.2. The average molecular weight is 298 g/mol. The maximum absolute atomic E-state index is 14.0. The Labute approximate surface area is 123 Å². The monoisotopic (exact) mass is 298 g/mol. The lowest BCUT2D eigenvalue weighted by Crippen LogP contribution is -2.30. The summed E-state index contributed by atoms with van der Waals surface area (Å²) in [5, 5.41) is 3.42. The molecule has 2 rings (SSSR count). The fraction of sp³-hybridized carbons (Fsp3) is 0.533. The van der Waals surface area contributed by atoms with Crippen molar-refractivity contribution in [2.24, 2.45) is 10.4 Å². The van der Waals surface area contributed by atoms with Crippen molar-refractivity contribution in [2.75, 3.05) is 11.1 Å². The van der Waals surface area contributed by atoms with Crippen molar-refractivity contribution in [3.05, 3.63) is 29.3 Å². The van der Waals surface area contributed by atoms with Gasteiger partial charge in [-0.25, -0.2) is 8.78 Å². The fourth-order valence-corrected chi connectivity index (χ4v) is 2.99. The number of nitrogens with one attached hydrogen (secondary N) is 1. The van der Waals surface area contributed by atoms with Crippen molar-refractivity contribution in [2.45, 2.75) is 40.2 Å². The topological polar surface area (TPSA) is 24.4 Å². The molecule has 0 amide bonds. The molecule has 1 aromatic rings. The molecule has 1 aliphatic heterocycles. The highest BCUT2D eigenvalue weighted by molar-refractivity contribution is 8.14. The van der Waals surface area contributed by atoms with Gasteiger partial charge in [-0.2, -0.15) is 0 Å². The van der Waals surface area contributed by atoms with E-state index in [-0.39, 0.29) is 17.1 Å². The smallest absolute Gasteiger partial charge is 0.161 e. The predicted octanol–water partition coefficient (Wildman–Crippen LogP) is 4.59. The number of nitrogens with zero attached hydrogens (tertiary/aromatic N) is 1. The van der Waals surface area contributed by atoms with E-state index in [4.69, 9.17) is 0 Å². The van der Waals surface area contributed by atoms with E-state index in [1.54, 1.807) is 6.92 Å². The number of rotatable bonds is 1. The highest BCUT2D eigenvalue weighted by Crippen LogP contribution is 2.32. The van der Waals surface area contributed by atoms with Gasteiger partial charge in [-0.15, -0.1) is 0 Å². The third-order valence-electron chi connectivity index (χ3n) is 3.42. The predicted molar refractivity (Wildman–Crippen MR) is 82.5 cm³/mol. The lowest BCUT2D eigenvalue weighted by molar-refractivity contribution is 0.316. The Morgan fingerprint density at radius 1 is 1.30 bits per heavy atom. The quantitative estimate of drug-likeness (QED) is 0.820. The number of amidine groups is 1. The summed E-state index contributed by atoms with van der Waals surface area (Å²) in [4.78, 5) is 4.60. The van der Waals surface area contributed by atoms with Crippen LogP contribution in [0.4, 0.5) is 14.5 Å². The number of halogens is 2. The first-order valence-electron chi connectivity index (χ1n) is 6.71. The number of aryl methyl sites for hydroxylation is 1. The van der Waals surface area contributed by atoms with Gasteiger partial charge in [-0.3, -0.25) is 4.99 Å². The molecule has 0 bridgehead atoms. The van der Waals surface area contributed by atoms with Crippen LogP contribution in [0.25, 0.3) is 0 Å². The van der Waals surface area contributed by atoms with E-state index < -0.39 is 11.6 Å². The minimum atomic E-state index is -0.589. The maximum atomic E-state index is 14.0. The maximum Gasteiger partial charge on any atom is 0.161 e. The van der Waals surface area contributed by atoms with Gasteiger partial charge in [0.25, 0.3) is 0 Å². The second-order valence-corrected chi connectivity index (χ2v) is 7.22. The van der Waals surface area contributed by atoms with Crippen LogP contribution in [0.15, 0.2) is 17.1 Å². The largest absolute Gasteiger partial charge is 0.330 e. The number of hydrogen-bond acceptors (Lipinski definition) is 3. The van der Waals surface area contributed by atoms with E-state index in [0.717, 1.165) is 12.2 Å². The molecule has 1 N–H and O–H groups in total. The average Bonchev–Trinajstić information content (AvgIpc) is 2.39. The van der Waals surface area contributed by atoms with Crippen LogP contribution in [0, 0.1) is 24.0 Å². The van der Waals surface area contributed by atoms with Crippen LogP contribution in [-0.4, -0.2) is 17.0 Å². The Bertz CT molecular complexity index is 535. The first kappa shape index (κ1) is 15.3. The molecule has 0 aliphatic carbocycles. The van der Waals surface area contributed by atoms with Crippen molar-refractivity contribution in [1.82, 2.24) is 0 Å². The molecule has 0 radical (unpaired) electrons. The Kier molecular flexibility index (Phi) is 4.37. The summed E-state index contributed by atoms with van der Waals surface area (Å²) in [5.74, 6) is -0.233. The number of hydrogen-bond donors (Lipinski definition) is 1. The molecule has 1 aliphatic rings. The molecule has 20 heavy (non-hydrogen) atoms. The minimum Gasteiger partial charge on any atom is -0.330 e. The molecule has 0 aromatic heterocycles. The molecule has 2 nitrogen and oxygen atoms in total. The van der Waals surface area contributed by atoms with Gasteiger partial charge in [0.05, 0.1) is 6.04 Å². The van der Waals surface area contributed by atoms with E-state index in [9.17, 15) is 8.78 Å². The zero-order valence-corrected chi connectivity index (χ0v) is 13.1. The number of aliphatic imine (C=N–C) groups is 1. The van der Waals surface area contributed by atoms with Crippen LogP contribution < -0.4 is 5.32 Å². The molecule has 1 aromatic carbocycles. The molecule has 0 spiro atoms. The molecular weight excluding hydrogens is 278 g/mol. The van der Waals surface area contributed by atoms with Crippen molar-refractivity contribution in [1.29, 1.82) is 0 Å². The third kappa shape index (κ3) is 3.32. The Balaban J connectivity index is 2.26. The summed E-state index contributed by atoms with van der Waals surface area (Å²) in [6.07, 6.45) is 0.984. The van der Waals surface area contributed by atoms with Crippen molar-refractivity contribution in [3.63, 3.8) is 0 Å². The standard InChI is InChI=1S/C15H20F2N2S/c1-9-5-6-10(16)13(12(9)17)19-14-18-11(7-8-20-14)15(2,3)4/h5-6,11H,7-8H2,1-4H3,(H,18,19). The van der Waals surface area contributed by atoms with Crippen LogP contribution in [0.5, 0.6) is 0 Å². The van der Waals surface area contributed by atoms with Crippen LogP contribution in [-0.2, 0) is 0 Å². The summed E-state index contributed by atoms with van der Waals surface area (Å²) in [6, 6.07) is 2.88. The van der Waals surface area contributed by atoms with Gasteiger partial charge in [0, 0.05) is 5.75 Å². The van der Waals surface area contributed by atoms with E-state index in [2.05, 4.69) is 31.1 Å². The zero-order chi connectivity index (χ0) is 14.9. The van der Waals surface area contributed by atoms with Gasteiger partial charge >= 0.3 is 0 Å². The summed E-state index contributed by atoms with van der Waals surface area (Å²) >= 11 is 1.51. The summed E-state index contributed by atoms with van der Waals surface area (Å²) < 4.78 is 27.7. The molecule has 1 heterocycles. The van der Waals surface area contributed by atoms with E-state index in [0.29, 0.717) is 10.7 Å². The van der Waals surface area contributed by atoms with Gasteiger partial charge in [-0.05, 0) is 30.4 Å². The van der Waals surface area contributed by atoms with Crippen molar-refractivity contribution < 1.29 is 8.78 Å². The Hall–Kier alpha value is -1.10. The van der Waals surface area contributed by atoms with Crippen LogP contribution in [0.1, 0.15) is 32.8 Å². The minimum absolute atomic E-state index is 0.0532. The third-order valence-corrected chi connectivity index (χ3v) is 4.34. The second-order valence-electron chi connectivity index (χ2n) is 6.13. The SMILES string of the molecule is Cc1ccc(F)c(NC2=NC(C(C)(C)C)CCS2)c1F. The molecule has 0 saturated heterocycles. The molecular formula is C15H20F2N2S. The molecule has 0 fully saturated rings. The van der Waals surface area contributed by atoms with Gasteiger partial charge in [0.15, 0.2) is 11.0 Å². The number of benzene rings is 1. The Morgan fingerprint density at radius 3 is 2.65 bits per heavy atom. The van der Waals surface area contributed by atoms with Gasteiger partial charge < -0.3 is 5.32 Å². The number of thioether (sulfide) groups is 1. The Morgan fingerprint density at radius 2 is 2.00 bits per heavy atom. The van der Waals surface area contributed by atoms with E-state index in [1.807, 2.05) is 0 Å². The van der Waals surface area contributed by atoms with E-state index >= 15 is 0 Å². The van der Waals surface area contributed by atoms with Crippen LogP contribution in [0.3, 0.4) is 0 Å². The summed E-state index contributed by atoms with van der Waals surface area (Å²) in [7, 11) is 0. The lowest BCUT2D eigenvalue weighted by Gasteiger charge is -2.31. The van der Waals surface area contributed by atoms with Gasteiger partial charge in [-0.1, -0.05) is 38.6 Å². The zero-order valence-electron chi connectivity index (χ0n) is 12.3. The summed E-state index contributed by atoms with van der Waals surface area (Å²) in [5.41, 5.74) is 0.367. The van der Waals surface area contributed by atoms with Gasteiger partial charge in [0.1, 0.15) is 11.5 Å². The highest BCUT2D eigenvalue weighted by Gasteiger charge is 2.28. The lowest BCUT2D eigenvalue weighted by atomic mass is 9.85. The van der Waals surface area contributed by atoms with Crippen LogP contribution in [0.2, 0.25) is 0 Å². The van der Waals surface area contributed by atoms with Crippen molar-refractivity contribution >= 4 is 22.6 Å². The number of anilines is 1. The second kappa shape index (κ2) is 5.72. The normalized spacial score (nSPS) is 19.7. The van der Waals surface area contributed by atoms with Crippen LogP contribution >= 0.6 is 11.8 Å². The van der Waals surface area contributed by atoms with Crippen molar-refractivity contribution in [3.8, 4) is 0 Å². The molecule has 110 valence electrons. The van der Waals surface area contributed by atoms with E-state index in [1.165, 1.54) is 23.9 Å². The first-order chi connectivity index (χ1) is 9.29.